The van der Waals surface area contributed by atoms with Crippen molar-refractivity contribution in [2.24, 2.45) is 0 Å². The molecule has 1 aromatic carbocycles. The summed E-state index contributed by atoms with van der Waals surface area (Å²) in [6.45, 7) is 0. The van der Waals surface area contributed by atoms with Crippen molar-refractivity contribution in [2.45, 2.75) is 6.43 Å². The summed E-state index contributed by atoms with van der Waals surface area (Å²) < 4.78 is 35.0. The molecule has 0 aliphatic rings. The van der Waals surface area contributed by atoms with Gasteiger partial charge < -0.3 is 9.47 Å². The molecule has 0 bridgehead atoms. The number of benzene rings is 1. The molecule has 0 aliphatic carbocycles. The van der Waals surface area contributed by atoms with Crippen LogP contribution in [0.25, 0.3) is 10.9 Å². The smallest absolute Gasteiger partial charge is 0.338 e. The molecule has 1 heterocycles. The predicted molar refractivity (Wildman–Crippen MR) is 64.6 cm³/mol. The molecule has 100 valence electrons. The van der Waals surface area contributed by atoms with Gasteiger partial charge in [-0.05, 0) is 18.2 Å². The van der Waals surface area contributed by atoms with Crippen molar-refractivity contribution in [3.8, 4) is 5.75 Å². The van der Waals surface area contributed by atoms with Gasteiger partial charge in [-0.25, -0.2) is 13.6 Å². The van der Waals surface area contributed by atoms with Gasteiger partial charge in [-0.15, -0.1) is 0 Å². The Morgan fingerprint density at radius 2 is 2.00 bits per heavy atom. The molecular formula is C13H11F2NO3. The summed E-state index contributed by atoms with van der Waals surface area (Å²) in [5, 5.41) is 0.401. The quantitative estimate of drug-likeness (QED) is 0.802. The Hall–Kier alpha value is -2.24. The fourth-order valence-corrected chi connectivity index (χ4v) is 1.74. The van der Waals surface area contributed by atoms with Crippen molar-refractivity contribution in [1.29, 1.82) is 0 Å². The van der Waals surface area contributed by atoms with Gasteiger partial charge in [0.25, 0.3) is 6.43 Å². The Morgan fingerprint density at radius 3 is 2.58 bits per heavy atom. The summed E-state index contributed by atoms with van der Waals surface area (Å²) in [6.07, 6.45) is -1.53. The summed E-state index contributed by atoms with van der Waals surface area (Å²) in [4.78, 5) is 15.4. The second kappa shape index (κ2) is 5.17. The first-order valence-electron chi connectivity index (χ1n) is 5.41. The molecule has 4 nitrogen and oxygen atoms in total. The average molecular weight is 267 g/mol. The third kappa shape index (κ3) is 2.47. The second-order valence-electron chi connectivity index (χ2n) is 3.81. The normalized spacial score (nSPS) is 10.8. The summed E-state index contributed by atoms with van der Waals surface area (Å²) in [5.41, 5.74) is 0.427. The van der Waals surface area contributed by atoms with Gasteiger partial charge in [0.2, 0.25) is 0 Å². The molecule has 0 N–H and O–H groups in total. The van der Waals surface area contributed by atoms with E-state index in [9.17, 15) is 13.6 Å². The van der Waals surface area contributed by atoms with Crippen LogP contribution in [0.2, 0.25) is 0 Å². The Labute approximate surface area is 108 Å². The molecule has 6 heteroatoms. The summed E-state index contributed by atoms with van der Waals surface area (Å²) in [7, 11) is 2.66. The highest BCUT2D eigenvalue weighted by molar-refractivity contribution is 5.97. The maximum Gasteiger partial charge on any atom is 0.338 e. The van der Waals surface area contributed by atoms with Gasteiger partial charge >= 0.3 is 5.97 Å². The number of carbonyl (C=O) groups is 1. The number of pyridine rings is 1. The van der Waals surface area contributed by atoms with Crippen LogP contribution in [0.3, 0.4) is 0 Å². The molecule has 2 rings (SSSR count). The Kier molecular flexibility index (Phi) is 3.59. The van der Waals surface area contributed by atoms with Gasteiger partial charge in [0.1, 0.15) is 11.3 Å². The fourth-order valence-electron chi connectivity index (χ4n) is 1.74. The number of methoxy groups -OCH3 is 2. The van der Waals surface area contributed by atoms with Crippen LogP contribution in [0.15, 0.2) is 24.4 Å². The van der Waals surface area contributed by atoms with E-state index in [1.807, 2.05) is 0 Å². The standard InChI is InChI=1S/C13H11F2NO3/c1-18-10-5-8(13(17)19-2)3-7-4-9(12(14)15)6-16-11(7)10/h3-6,12H,1-2H3. The van der Waals surface area contributed by atoms with Gasteiger partial charge in [0, 0.05) is 17.1 Å². The highest BCUT2D eigenvalue weighted by Crippen LogP contribution is 2.29. The minimum atomic E-state index is -2.62. The van der Waals surface area contributed by atoms with Crippen LogP contribution in [0.1, 0.15) is 22.3 Å². The van der Waals surface area contributed by atoms with E-state index in [-0.39, 0.29) is 11.1 Å². The second-order valence-corrected chi connectivity index (χ2v) is 3.81. The molecule has 0 saturated carbocycles. The molecule has 0 unspecified atom stereocenters. The van der Waals surface area contributed by atoms with Crippen LogP contribution in [-0.2, 0) is 4.74 Å². The lowest BCUT2D eigenvalue weighted by Gasteiger charge is -2.09. The van der Waals surface area contributed by atoms with E-state index in [2.05, 4.69) is 9.72 Å². The summed E-state index contributed by atoms with van der Waals surface area (Å²) >= 11 is 0. The third-order valence-electron chi connectivity index (χ3n) is 2.66. The minimum absolute atomic E-state index is 0.212. The first-order valence-corrected chi connectivity index (χ1v) is 5.41. The largest absolute Gasteiger partial charge is 0.494 e. The molecule has 0 saturated heterocycles. The number of nitrogens with zero attached hydrogens (tertiary/aromatic N) is 1. The van der Waals surface area contributed by atoms with Crippen molar-refractivity contribution in [1.82, 2.24) is 4.98 Å². The monoisotopic (exact) mass is 267 g/mol. The van der Waals surface area contributed by atoms with Crippen LogP contribution in [-0.4, -0.2) is 25.2 Å². The van der Waals surface area contributed by atoms with Crippen LogP contribution in [0, 0.1) is 0 Å². The van der Waals surface area contributed by atoms with Gasteiger partial charge in [-0.3, -0.25) is 4.98 Å². The summed E-state index contributed by atoms with van der Waals surface area (Å²) in [6, 6.07) is 4.19. The zero-order chi connectivity index (χ0) is 14.0. The van der Waals surface area contributed by atoms with E-state index in [4.69, 9.17) is 4.74 Å². The fraction of sp³-hybridized carbons (Fsp3) is 0.231. The number of aromatic nitrogens is 1. The first kappa shape index (κ1) is 13.2. The van der Waals surface area contributed by atoms with E-state index in [1.165, 1.54) is 32.4 Å². The Morgan fingerprint density at radius 1 is 1.26 bits per heavy atom. The van der Waals surface area contributed by atoms with Crippen molar-refractivity contribution >= 4 is 16.9 Å². The zero-order valence-electron chi connectivity index (χ0n) is 10.3. The molecule has 0 fully saturated rings. The molecular weight excluding hydrogens is 256 g/mol. The highest BCUT2D eigenvalue weighted by atomic mass is 19.3. The number of alkyl halides is 2. The molecule has 19 heavy (non-hydrogen) atoms. The topological polar surface area (TPSA) is 48.4 Å². The van der Waals surface area contributed by atoms with Crippen molar-refractivity contribution in [3.05, 3.63) is 35.5 Å². The molecule has 1 aromatic heterocycles. The van der Waals surface area contributed by atoms with E-state index < -0.39 is 12.4 Å². The summed E-state index contributed by atoms with van der Waals surface area (Å²) in [5.74, 6) is -0.235. The van der Waals surface area contributed by atoms with Gasteiger partial charge in [0.05, 0.1) is 19.8 Å². The number of carbonyl (C=O) groups excluding carboxylic acids is 1. The van der Waals surface area contributed by atoms with Crippen LogP contribution in [0.5, 0.6) is 5.75 Å². The minimum Gasteiger partial charge on any atom is -0.494 e. The SMILES string of the molecule is COC(=O)c1cc(OC)c2ncc(C(F)F)cc2c1. The molecule has 2 aromatic rings. The van der Waals surface area contributed by atoms with Crippen molar-refractivity contribution in [3.63, 3.8) is 0 Å². The van der Waals surface area contributed by atoms with Crippen LogP contribution < -0.4 is 4.74 Å². The number of ether oxygens (including phenoxy) is 2. The van der Waals surface area contributed by atoms with Gasteiger partial charge in [0.15, 0.2) is 0 Å². The molecule has 0 spiro atoms. The van der Waals surface area contributed by atoms with E-state index in [1.54, 1.807) is 0 Å². The molecule has 0 radical (unpaired) electrons. The maximum absolute atomic E-state index is 12.6. The zero-order valence-corrected chi connectivity index (χ0v) is 10.3. The third-order valence-corrected chi connectivity index (χ3v) is 2.66. The molecule has 0 amide bonds. The number of hydrogen-bond acceptors (Lipinski definition) is 4. The Balaban J connectivity index is 2.67. The number of hydrogen-bond donors (Lipinski definition) is 0. The Bertz CT molecular complexity index is 629. The van der Waals surface area contributed by atoms with Crippen molar-refractivity contribution < 1.29 is 23.0 Å². The maximum atomic E-state index is 12.6. The predicted octanol–water partition coefficient (Wildman–Crippen LogP) is 2.97. The van der Waals surface area contributed by atoms with Crippen LogP contribution >= 0.6 is 0 Å². The lowest BCUT2D eigenvalue weighted by molar-refractivity contribution is 0.0600. The van der Waals surface area contributed by atoms with Crippen LogP contribution in [0.4, 0.5) is 8.78 Å². The number of rotatable bonds is 3. The lowest BCUT2D eigenvalue weighted by atomic mass is 10.1. The first-order chi connectivity index (χ1) is 9.06. The van der Waals surface area contributed by atoms with E-state index in [0.717, 1.165) is 6.20 Å². The molecule has 0 aliphatic heterocycles. The number of halogens is 2. The number of esters is 1. The highest BCUT2D eigenvalue weighted by Gasteiger charge is 2.14. The molecule has 0 atom stereocenters. The average Bonchev–Trinajstić information content (AvgIpc) is 2.44. The van der Waals surface area contributed by atoms with E-state index in [0.29, 0.717) is 16.7 Å². The van der Waals surface area contributed by atoms with E-state index >= 15 is 0 Å². The van der Waals surface area contributed by atoms with Crippen molar-refractivity contribution in [2.75, 3.05) is 14.2 Å². The lowest BCUT2D eigenvalue weighted by Crippen LogP contribution is -2.02. The van der Waals surface area contributed by atoms with Gasteiger partial charge in [-0.2, -0.15) is 0 Å². The van der Waals surface area contributed by atoms with Gasteiger partial charge in [-0.1, -0.05) is 0 Å². The number of fused-ring (bicyclic) bond motifs is 1.